The van der Waals surface area contributed by atoms with Gasteiger partial charge in [0.1, 0.15) is 5.75 Å². The number of ether oxygens (including phenoxy) is 1. The molecule has 0 bridgehead atoms. The lowest BCUT2D eigenvalue weighted by Gasteiger charge is -2.32. The number of pyridine rings is 1. The van der Waals surface area contributed by atoms with Gasteiger partial charge in [-0.15, -0.1) is 0 Å². The summed E-state index contributed by atoms with van der Waals surface area (Å²) in [5.74, 6) is 6.77. The predicted molar refractivity (Wildman–Crippen MR) is 139 cm³/mol. The Bertz CT molecular complexity index is 1280. The minimum Gasteiger partial charge on any atom is -0.497 e. The number of carbonyl (C=O) groups excluding carboxylic acids is 1. The van der Waals surface area contributed by atoms with Crippen LogP contribution in [0.4, 0.5) is 0 Å². The van der Waals surface area contributed by atoms with Gasteiger partial charge in [0, 0.05) is 49.3 Å². The number of hydrogen-bond acceptors (Lipinski definition) is 5. The van der Waals surface area contributed by atoms with Crippen LogP contribution in [0.2, 0.25) is 0 Å². The van der Waals surface area contributed by atoms with E-state index in [4.69, 9.17) is 4.74 Å². The average Bonchev–Trinajstić information content (AvgIpc) is 2.90. The summed E-state index contributed by atoms with van der Waals surface area (Å²) in [6, 6.07) is 17.4. The van der Waals surface area contributed by atoms with E-state index in [0.29, 0.717) is 36.0 Å². The van der Waals surface area contributed by atoms with Crippen LogP contribution >= 0.6 is 0 Å². The lowest BCUT2D eigenvalue weighted by molar-refractivity contribution is 0.0964. The normalized spacial score (nSPS) is 14.3. The summed E-state index contributed by atoms with van der Waals surface area (Å²) in [7, 11) is 3.16. The lowest BCUT2D eigenvalue weighted by Crippen LogP contribution is -2.44. The fourth-order valence-electron chi connectivity index (χ4n) is 4.51. The van der Waals surface area contributed by atoms with Crippen molar-refractivity contribution in [3.8, 4) is 17.6 Å². The van der Waals surface area contributed by atoms with Crippen LogP contribution in [-0.2, 0) is 6.54 Å². The van der Waals surface area contributed by atoms with Crippen LogP contribution in [0, 0.1) is 11.8 Å². The number of aromatic nitrogens is 1. The minimum absolute atomic E-state index is 0.183. The van der Waals surface area contributed by atoms with Gasteiger partial charge in [-0.2, -0.15) is 0 Å². The Balaban J connectivity index is 1.36. The standard InChI is InChI=1S/C28H32N4O3/c1-29-28(34)25-20-27(33)32(26-19-23(35-2)10-11-24(25)26)18-17-31-15-12-22(13-16-31)30-14-6-9-21-7-4-3-5-8-21/h3-5,7-8,10-11,19-20,22,30H,12-18H2,1-2H3,(H,29,34). The molecular weight excluding hydrogens is 440 g/mol. The number of amides is 1. The van der Waals surface area contributed by atoms with Crippen molar-refractivity contribution >= 4 is 16.8 Å². The fraction of sp³-hybridized carbons (Fsp3) is 0.357. The third-order valence-corrected chi connectivity index (χ3v) is 6.50. The van der Waals surface area contributed by atoms with E-state index in [2.05, 4.69) is 27.4 Å². The smallest absolute Gasteiger partial charge is 0.251 e. The number of rotatable bonds is 7. The van der Waals surface area contributed by atoms with Crippen LogP contribution in [0.3, 0.4) is 0 Å². The highest BCUT2D eigenvalue weighted by molar-refractivity contribution is 6.06. The van der Waals surface area contributed by atoms with Crippen LogP contribution in [0.15, 0.2) is 59.4 Å². The summed E-state index contributed by atoms with van der Waals surface area (Å²) in [5.41, 5.74) is 1.95. The van der Waals surface area contributed by atoms with E-state index in [0.717, 1.165) is 43.4 Å². The highest BCUT2D eigenvalue weighted by atomic mass is 16.5. The molecule has 35 heavy (non-hydrogen) atoms. The van der Waals surface area contributed by atoms with Gasteiger partial charge >= 0.3 is 0 Å². The molecular formula is C28H32N4O3. The molecule has 2 heterocycles. The second kappa shape index (κ2) is 11.7. The Labute approximate surface area is 206 Å². The quantitative estimate of drug-likeness (QED) is 0.517. The number of piperidine rings is 1. The monoisotopic (exact) mass is 472 g/mol. The number of methoxy groups -OCH3 is 1. The maximum Gasteiger partial charge on any atom is 0.251 e. The van der Waals surface area contributed by atoms with Gasteiger partial charge in [-0.05, 0) is 50.2 Å². The van der Waals surface area contributed by atoms with Gasteiger partial charge in [0.15, 0.2) is 0 Å². The molecule has 3 aromatic rings. The van der Waals surface area contributed by atoms with Gasteiger partial charge in [0.2, 0.25) is 0 Å². The zero-order chi connectivity index (χ0) is 24.6. The van der Waals surface area contributed by atoms with Crippen LogP contribution in [0.25, 0.3) is 10.9 Å². The fourth-order valence-corrected chi connectivity index (χ4v) is 4.51. The molecule has 1 aliphatic rings. The number of likely N-dealkylation sites (tertiary alicyclic amines) is 1. The minimum atomic E-state index is -0.271. The van der Waals surface area contributed by atoms with Crippen molar-refractivity contribution in [2.75, 3.05) is 40.3 Å². The van der Waals surface area contributed by atoms with E-state index in [1.807, 2.05) is 48.5 Å². The van der Waals surface area contributed by atoms with Crippen molar-refractivity contribution in [1.82, 2.24) is 20.1 Å². The molecule has 1 aliphatic heterocycles. The van der Waals surface area contributed by atoms with Gasteiger partial charge in [0.05, 0.1) is 24.7 Å². The van der Waals surface area contributed by atoms with Crippen molar-refractivity contribution in [3.63, 3.8) is 0 Å². The van der Waals surface area contributed by atoms with Crippen LogP contribution in [0.5, 0.6) is 5.75 Å². The van der Waals surface area contributed by atoms with E-state index in [1.54, 1.807) is 18.7 Å². The lowest BCUT2D eigenvalue weighted by atomic mass is 10.0. The molecule has 1 aromatic heterocycles. The zero-order valence-corrected chi connectivity index (χ0v) is 20.3. The average molecular weight is 473 g/mol. The maximum absolute atomic E-state index is 12.9. The molecule has 0 spiro atoms. The first-order valence-corrected chi connectivity index (χ1v) is 12.0. The predicted octanol–water partition coefficient (Wildman–Crippen LogP) is 2.48. The van der Waals surface area contributed by atoms with Crippen molar-refractivity contribution in [2.24, 2.45) is 0 Å². The second-order valence-corrected chi connectivity index (χ2v) is 8.67. The summed E-state index contributed by atoms with van der Waals surface area (Å²) >= 11 is 0. The first-order chi connectivity index (χ1) is 17.1. The molecule has 0 saturated carbocycles. The first kappa shape index (κ1) is 24.5. The number of fused-ring (bicyclic) bond motifs is 1. The largest absolute Gasteiger partial charge is 0.497 e. The summed E-state index contributed by atoms with van der Waals surface area (Å²) in [5, 5.41) is 6.91. The number of hydrogen-bond donors (Lipinski definition) is 2. The number of carbonyl (C=O) groups is 1. The SMILES string of the molecule is CNC(=O)c1cc(=O)n(CCN2CCC(NCC#Cc3ccccc3)CC2)c2cc(OC)ccc12. The zero-order valence-electron chi connectivity index (χ0n) is 20.3. The van der Waals surface area contributed by atoms with Gasteiger partial charge in [-0.25, -0.2) is 0 Å². The Morgan fingerprint density at radius 3 is 2.57 bits per heavy atom. The molecule has 0 atom stereocenters. The topological polar surface area (TPSA) is 75.6 Å². The number of nitrogens with one attached hydrogen (secondary N) is 2. The molecule has 0 radical (unpaired) electrons. The van der Waals surface area contributed by atoms with Crippen LogP contribution in [-0.4, -0.2) is 61.8 Å². The van der Waals surface area contributed by atoms with Gasteiger partial charge in [-0.1, -0.05) is 30.0 Å². The van der Waals surface area contributed by atoms with Crippen molar-refractivity contribution in [2.45, 2.75) is 25.4 Å². The summed E-state index contributed by atoms with van der Waals surface area (Å²) in [6.07, 6.45) is 2.10. The summed E-state index contributed by atoms with van der Waals surface area (Å²) < 4.78 is 7.12. The molecule has 1 amide bonds. The molecule has 7 heteroatoms. The Morgan fingerprint density at radius 1 is 1.09 bits per heavy atom. The van der Waals surface area contributed by atoms with Gasteiger partial charge in [-0.3, -0.25) is 9.59 Å². The molecule has 2 aromatic carbocycles. The third-order valence-electron chi connectivity index (χ3n) is 6.50. The Hall–Kier alpha value is -3.60. The van der Waals surface area contributed by atoms with E-state index < -0.39 is 0 Å². The molecule has 2 N–H and O–H groups in total. The first-order valence-electron chi connectivity index (χ1n) is 12.0. The molecule has 1 fully saturated rings. The van der Waals surface area contributed by atoms with Gasteiger partial charge in [0.25, 0.3) is 11.5 Å². The molecule has 7 nitrogen and oxygen atoms in total. The molecule has 0 unspecified atom stereocenters. The van der Waals surface area contributed by atoms with Crippen LogP contribution in [0.1, 0.15) is 28.8 Å². The van der Waals surface area contributed by atoms with E-state index in [-0.39, 0.29) is 11.5 Å². The highest BCUT2D eigenvalue weighted by Crippen LogP contribution is 2.23. The Morgan fingerprint density at radius 2 is 1.86 bits per heavy atom. The second-order valence-electron chi connectivity index (χ2n) is 8.67. The summed E-state index contributed by atoms with van der Waals surface area (Å²) in [4.78, 5) is 27.7. The van der Waals surface area contributed by atoms with E-state index >= 15 is 0 Å². The van der Waals surface area contributed by atoms with Crippen molar-refractivity contribution in [3.05, 3.63) is 76.1 Å². The van der Waals surface area contributed by atoms with Crippen LogP contribution < -0.4 is 20.9 Å². The van der Waals surface area contributed by atoms with Crippen molar-refractivity contribution in [1.29, 1.82) is 0 Å². The highest BCUT2D eigenvalue weighted by Gasteiger charge is 2.19. The number of nitrogens with zero attached hydrogens (tertiary/aromatic N) is 2. The maximum atomic E-state index is 12.9. The Kier molecular flexibility index (Phi) is 8.19. The molecule has 4 rings (SSSR count). The molecule has 182 valence electrons. The summed E-state index contributed by atoms with van der Waals surface area (Å²) in [6.45, 7) is 3.94. The number of benzene rings is 2. The molecule has 0 aliphatic carbocycles. The van der Waals surface area contributed by atoms with Crippen molar-refractivity contribution < 1.29 is 9.53 Å². The van der Waals surface area contributed by atoms with Gasteiger partial charge < -0.3 is 24.8 Å². The molecule has 1 saturated heterocycles. The van der Waals surface area contributed by atoms with E-state index in [1.165, 1.54) is 6.07 Å². The van der Waals surface area contributed by atoms with E-state index in [9.17, 15) is 9.59 Å². The third kappa shape index (κ3) is 6.10.